The second kappa shape index (κ2) is 11.3. The van der Waals surface area contributed by atoms with Gasteiger partial charge in [0.2, 0.25) is 0 Å². The van der Waals surface area contributed by atoms with Crippen molar-refractivity contribution in [1.82, 2.24) is 0 Å². The van der Waals surface area contributed by atoms with E-state index in [9.17, 15) is 0 Å². The fraction of sp³-hybridized carbons (Fsp3) is 0.0625. The second-order valence-corrected chi connectivity index (χ2v) is 13.4. The van der Waals surface area contributed by atoms with E-state index in [1.54, 1.807) is 0 Å². The minimum atomic E-state index is -0.540. The number of fused-ring (bicyclic) bond motifs is 1. The van der Waals surface area contributed by atoms with Crippen molar-refractivity contribution in [2.24, 2.45) is 0 Å². The molecule has 2 nitrogen and oxygen atoms in total. The summed E-state index contributed by atoms with van der Waals surface area (Å²) in [7, 11) is 1.27. The molecule has 0 fully saturated rings. The van der Waals surface area contributed by atoms with Crippen LogP contribution in [0.15, 0.2) is 146 Å². The standard InChI is InChI=1S/C32H28BN2P2/c1-5-15-27(16-6-1)36(28-17-7-2-8-18-28)25-34-31-23-13-14-24-32(31)35(33-34)26-37(29-19-9-3-10-20-29)30-21-11-4-12-22-30/h1-24H,25-26H2. The molecule has 6 rings (SSSR count). The lowest BCUT2D eigenvalue weighted by atomic mass is 10.1. The Bertz CT molecular complexity index is 1230. The highest BCUT2D eigenvalue weighted by molar-refractivity contribution is 7.73. The quantitative estimate of drug-likeness (QED) is 0.185. The molecular formula is C32H28BN2P2. The maximum absolute atomic E-state index is 2.48. The van der Waals surface area contributed by atoms with Gasteiger partial charge in [0, 0.05) is 23.9 Å². The van der Waals surface area contributed by atoms with Crippen molar-refractivity contribution >= 4 is 56.0 Å². The first kappa shape index (κ1) is 24.0. The molecule has 0 spiro atoms. The van der Waals surface area contributed by atoms with E-state index in [0.717, 1.165) is 12.6 Å². The number of benzene rings is 5. The van der Waals surface area contributed by atoms with E-state index in [1.807, 2.05) is 0 Å². The lowest BCUT2D eigenvalue weighted by Gasteiger charge is -2.28. The number of nitrogens with zero attached hydrogens (tertiary/aromatic N) is 2. The van der Waals surface area contributed by atoms with E-state index >= 15 is 0 Å². The van der Waals surface area contributed by atoms with Gasteiger partial charge in [-0.05, 0) is 49.2 Å². The summed E-state index contributed by atoms with van der Waals surface area (Å²) in [5.41, 5.74) is 2.58. The van der Waals surface area contributed by atoms with Gasteiger partial charge in [-0.3, -0.25) is 0 Å². The summed E-state index contributed by atoms with van der Waals surface area (Å²) in [6.07, 6.45) is 1.90. The first-order chi connectivity index (χ1) is 18.4. The molecule has 1 aliphatic heterocycles. The first-order valence-electron chi connectivity index (χ1n) is 12.6. The molecule has 0 unspecified atom stereocenters. The Kier molecular flexibility index (Phi) is 7.36. The molecule has 37 heavy (non-hydrogen) atoms. The van der Waals surface area contributed by atoms with Gasteiger partial charge in [0.1, 0.15) is 0 Å². The third kappa shape index (κ3) is 5.35. The molecule has 0 saturated heterocycles. The Morgan fingerprint density at radius 2 is 0.649 bits per heavy atom. The molecule has 5 aromatic rings. The van der Waals surface area contributed by atoms with Crippen molar-refractivity contribution in [1.29, 1.82) is 0 Å². The molecule has 5 aromatic carbocycles. The average molecular weight is 513 g/mol. The Morgan fingerprint density at radius 3 is 0.946 bits per heavy atom. The van der Waals surface area contributed by atoms with E-state index in [-0.39, 0.29) is 0 Å². The minimum Gasteiger partial charge on any atom is -0.393 e. The zero-order chi connectivity index (χ0) is 24.9. The van der Waals surface area contributed by atoms with Crippen LogP contribution in [0.4, 0.5) is 11.4 Å². The highest BCUT2D eigenvalue weighted by atomic mass is 31.1. The normalized spacial score (nSPS) is 12.6. The number of rotatable bonds is 8. The molecule has 0 N–H and O–H groups in total. The molecule has 5 heteroatoms. The Morgan fingerprint density at radius 1 is 0.378 bits per heavy atom. The van der Waals surface area contributed by atoms with Crippen LogP contribution in [0.2, 0.25) is 0 Å². The Hall–Kier alpha value is -3.38. The highest BCUT2D eigenvalue weighted by Crippen LogP contribution is 2.44. The maximum atomic E-state index is 2.48. The number of anilines is 2. The van der Waals surface area contributed by atoms with Gasteiger partial charge >= 0.3 is 7.55 Å². The van der Waals surface area contributed by atoms with Crippen LogP contribution < -0.4 is 30.8 Å². The van der Waals surface area contributed by atoms with Crippen LogP contribution in [-0.4, -0.2) is 20.1 Å². The van der Waals surface area contributed by atoms with Crippen LogP contribution in [0.1, 0.15) is 0 Å². The van der Waals surface area contributed by atoms with Crippen LogP contribution in [0, 0.1) is 0 Å². The summed E-state index contributed by atoms with van der Waals surface area (Å²) < 4.78 is 0. The van der Waals surface area contributed by atoms with E-state index in [0.29, 0.717) is 0 Å². The van der Waals surface area contributed by atoms with Crippen LogP contribution in [-0.2, 0) is 0 Å². The molecule has 1 radical (unpaired) electrons. The largest absolute Gasteiger partial charge is 0.393 e. The van der Waals surface area contributed by atoms with Crippen LogP contribution in [0.5, 0.6) is 0 Å². The summed E-state index contributed by atoms with van der Waals surface area (Å²) >= 11 is 0. The SMILES string of the molecule is [B]1N(CP(c2ccccc2)c2ccccc2)c2ccccc2N1CP(c1ccccc1)c1ccccc1. The van der Waals surface area contributed by atoms with E-state index in [1.165, 1.54) is 32.6 Å². The van der Waals surface area contributed by atoms with Gasteiger partial charge < -0.3 is 9.62 Å². The monoisotopic (exact) mass is 513 g/mol. The molecule has 0 aromatic heterocycles. The van der Waals surface area contributed by atoms with Gasteiger partial charge in [-0.2, -0.15) is 0 Å². The molecule has 1 aliphatic rings. The fourth-order valence-electron chi connectivity index (χ4n) is 4.83. The van der Waals surface area contributed by atoms with Crippen molar-refractivity contribution in [2.75, 3.05) is 22.2 Å². The first-order valence-corrected chi connectivity index (χ1v) is 15.6. The van der Waals surface area contributed by atoms with Crippen molar-refractivity contribution in [2.45, 2.75) is 0 Å². The Labute approximate surface area is 223 Å². The Balaban J connectivity index is 1.32. The lowest BCUT2D eigenvalue weighted by Crippen LogP contribution is -2.38. The third-order valence-electron chi connectivity index (χ3n) is 6.64. The van der Waals surface area contributed by atoms with Gasteiger partial charge in [-0.25, -0.2) is 0 Å². The number of hydrogen-bond acceptors (Lipinski definition) is 2. The van der Waals surface area contributed by atoms with Gasteiger partial charge in [-0.1, -0.05) is 133 Å². The number of para-hydroxylation sites is 2. The van der Waals surface area contributed by atoms with Crippen LogP contribution >= 0.6 is 15.8 Å². The van der Waals surface area contributed by atoms with Crippen molar-refractivity contribution in [3.8, 4) is 0 Å². The summed E-state index contributed by atoms with van der Waals surface area (Å²) in [4.78, 5) is 4.95. The van der Waals surface area contributed by atoms with Crippen molar-refractivity contribution in [3.63, 3.8) is 0 Å². The van der Waals surface area contributed by atoms with E-state index < -0.39 is 15.8 Å². The van der Waals surface area contributed by atoms with Crippen molar-refractivity contribution in [3.05, 3.63) is 146 Å². The fourth-order valence-corrected chi connectivity index (χ4v) is 9.27. The topological polar surface area (TPSA) is 6.48 Å². The molecule has 179 valence electrons. The molecular weight excluding hydrogens is 485 g/mol. The predicted molar refractivity (Wildman–Crippen MR) is 165 cm³/mol. The zero-order valence-electron chi connectivity index (χ0n) is 20.6. The van der Waals surface area contributed by atoms with Gasteiger partial charge in [0.05, 0.1) is 0 Å². The molecule has 0 atom stereocenters. The smallest absolute Gasteiger partial charge is 0.392 e. The van der Waals surface area contributed by atoms with Gasteiger partial charge in [0.25, 0.3) is 0 Å². The average Bonchev–Trinajstić information content (AvgIpc) is 3.33. The highest BCUT2D eigenvalue weighted by Gasteiger charge is 2.32. The van der Waals surface area contributed by atoms with Gasteiger partial charge in [-0.15, -0.1) is 0 Å². The lowest BCUT2D eigenvalue weighted by molar-refractivity contribution is 1.27. The summed E-state index contributed by atoms with van der Waals surface area (Å²) in [5, 5.41) is 5.63. The minimum absolute atomic E-state index is 0.540. The predicted octanol–water partition coefficient (Wildman–Crippen LogP) is 6.03. The summed E-state index contributed by atoms with van der Waals surface area (Å²) in [5.74, 6) is 0. The number of hydrogen-bond donors (Lipinski definition) is 0. The molecule has 0 aliphatic carbocycles. The van der Waals surface area contributed by atoms with Crippen LogP contribution in [0.3, 0.4) is 0 Å². The van der Waals surface area contributed by atoms with Crippen LogP contribution in [0.25, 0.3) is 0 Å². The van der Waals surface area contributed by atoms with E-state index in [4.69, 9.17) is 0 Å². The molecule has 0 saturated carbocycles. The second-order valence-electron chi connectivity index (χ2n) is 9.02. The van der Waals surface area contributed by atoms with E-state index in [2.05, 4.69) is 163 Å². The third-order valence-corrected chi connectivity index (χ3v) is 11.5. The molecule has 1 heterocycles. The summed E-state index contributed by atoms with van der Waals surface area (Å²) in [6.45, 7) is 0. The maximum Gasteiger partial charge on any atom is 0.392 e. The molecule has 0 bridgehead atoms. The van der Waals surface area contributed by atoms with Crippen molar-refractivity contribution < 1.29 is 0 Å². The molecule has 0 amide bonds. The van der Waals surface area contributed by atoms with Gasteiger partial charge in [0.15, 0.2) is 0 Å². The zero-order valence-corrected chi connectivity index (χ0v) is 22.4. The summed E-state index contributed by atoms with van der Waals surface area (Å²) in [6, 6.07) is 52.8.